The highest BCUT2D eigenvalue weighted by molar-refractivity contribution is 5.91. The SMILES string of the molecule is Cn1nc(N)c2ccc([C@H]3CCCN(C(=O)c4ccno4)C3)nc21. The first-order valence-corrected chi connectivity index (χ1v) is 7.92. The first kappa shape index (κ1) is 14.7. The van der Waals surface area contributed by atoms with E-state index >= 15 is 0 Å². The second kappa shape index (κ2) is 5.63. The Morgan fingerprint density at radius 2 is 2.25 bits per heavy atom. The highest BCUT2D eigenvalue weighted by Gasteiger charge is 2.28. The number of amides is 1. The molecule has 0 radical (unpaired) electrons. The van der Waals surface area contributed by atoms with E-state index in [0.29, 0.717) is 12.4 Å². The standard InChI is InChI=1S/C16H18N6O2/c1-21-15-11(14(17)20-21)4-5-12(19-15)10-3-2-8-22(9-10)16(23)13-6-7-18-24-13/h4-7,10H,2-3,8-9H2,1H3,(H2,17,20)/t10-/m0/s1. The summed E-state index contributed by atoms with van der Waals surface area (Å²) in [6.45, 7) is 1.34. The number of fused-ring (bicyclic) bond motifs is 1. The van der Waals surface area contributed by atoms with Crippen LogP contribution < -0.4 is 5.73 Å². The normalized spacial score (nSPS) is 18.2. The topological polar surface area (TPSA) is 103 Å². The molecule has 124 valence electrons. The van der Waals surface area contributed by atoms with Crippen molar-refractivity contribution in [2.24, 2.45) is 7.05 Å². The van der Waals surface area contributed by atoms with E-state index in [0.717, 1.165) is 36.1 Å². The highest BCUT2D eigenvalue weighted by Crippen LogP contribution is 2.28. The molecule has 8 heteroatoms. The maximum Gasteiger partial charge on any atom is 0.292 e. The minimum Gasteiger partial charge on any atom is -0.382 e. The number of rotatable bonds is 2. The van der Waals surface area contributed by atoms with Gasteiger partial charge < -0.3 is 15.2 Å². The van der Waals surface area contributed by atoms with Crippen LogP contribution in [0.5, 0.6) is 0 Å². The zero-order chi connectivity index (χ0) is 16.7. The van der Waals surface area contributed by atoms with E-state index in [-0.39, 0.29) is 17.6 Å². The Morgan fingerprint density at radius 3 is 3.04 bits per heavy atom. The number of nitrogen functional groups attached to an aromatic ring is 1. The van der Waals surface area contributed by atoms with Gasteiger partial charge in [-0.25, -0.2) is 9.67 Å². The Morgan fingerprint density at radius 1 is 1.38 bits per heavy atom. The van der Waals surface area contributed by atoms with Gasteiger partial charge in [0.25, 0.3) is 5.91 Å². The predicted octanol–water partition coefficient (Wildman–Crippen LogP) is 1.56. The quantitative estimate of drug-likeness (QED) is 0.766. The van der Waals surface area contributed by atoms with E-state index < -0.39 is 0 Å². The molecule has 3 aromatic heterocycles. The van der Waals surface area contributed by atoms with Gasteiger partial charge >= 0.3 is 0 Å². The van der Waals surface area contributed by atoms with Crippen LogP contribution in [0, 0.1) is 0 Å². The van der Waals surface area contributed by atoms with Crippen LogP contribution >= 0.6 is 0 Å². The van der Waals surface area contributed by atoms with Crippen molar-refractivity contribution < 1.29 is 9.32 Å². The second-order valence-corrected chi connectivity index (χ2v) is 6.08. The number of likely N-dealkylation sites (tertiary alicyclic amines) is 1. The lowest BCUT2D eigenvalue weighted by Gasteiger charge is -2.31. The molecule has 0 bridgehead atoms. The third kappa shape index (κ3) is 2.40. The average Bonchev–Trinajstić information content (AvgIpc) is 3.23. The summed E-state index contributed by atoms with van der Waals surface area (Å²) in [6.07, 6.45) is 3.40. The Labute approximate surface area is 138 Å². The van der Waals surface area contributed by atoms with Gasteiger partial charge in [0, 0.05) is 37.8 Å². The summed E-state index contributed by atoms with van der Waals surface area (Å²) in [5.74, 6) is 0.824. The number of carbonyl (C=O) groups excluding carboxylic acids is 1. The molecule has 1 fully saturated rings. The van der Waals surface area contributed by atoms with Gasteiger partial charge in [0.15, 0.2) is 11.5 Å². The Hall–Kier alpha value is -2.90. The number of aryl methyl sites for hydroxylation is 1. The third-order valence-corrected chi connectivity index (χ3v) is 4.51. The number of hydrogen-bond donors (Lipinski definition) is 1. The summed E-state index contributed by atoms with van der Waals surface area (Å²) in [5, 5.41) is 8.66. The van der Waals surface area contributed by atoms with Gasteiger partial charge in [-0.3, -0.25) is 4.79 Å². The molecule has 4 rings (SSSR count). The average molecular weight is 326 g/mol. The van der Waals surface area contributed by atoms with Crippen LogP contribution in [0.3, 0.4) is 0 Å². The van der Waals surface area contributed by atoms with Crippen LogP contribution in [-0.2, 0) is 7.05 Å². The molecule has 2 N–H and O–H groups in total. The molecule has 4 heterocycles. The fraction of sp³-hybridized carbons (Fsp3) is 0.375. The third-order valence-electron chi connectivity index (χ3n) is 4.51. The Bertz CT molecular complexity index is 885. The summed E-state index contributed by atoms with van der Waals surface area (Å²) in [7, 11) is 1.83. The lowest BCUT2D eigenvalue weighted by atomic mass is 9.94. The van der Waals surface area contributed by atoms with E-state index in [9.17, 15) is 4.79 Å². The molecule has 1 aliphatic rings. The second-order valence-electron chi connectivity index (χ2n) is 6.08. The van der Waals surface area contributed by atoms with E-state index in [1.807, 2.05) is 19.2 Å². The largest absolute Gasteiger partial charge is 0.382 e. The van der Waals surface area contributed by atoms with Crippen LogP contribution in [0.4, 0.5) is 5.82 Å². The molecule has 0 saturated carbocycles. The summed E-state index contributed by atoms with van der Waals surface area (Å²) < 4.78 is 6.67. The van der Waals surface area contributed by atoms with Crippen LogP contribution in [0.15, 0.2) is 28.9 Å². The Balaban J connectivity index is 1.60. The number of aromatic nitrogens is 4. The van der Waals surface area contributed by atoms with Crippen molar-refractivity contribution in [1.29, 1.82) is 0 Å². The molecular formula is C16H18N6O2. The van der Waals surface area contributed by atoms with Gasteiger partial charge in [0.05, 0.1) is 11.6 Å². The lowest BCUT2D eigenvalue weighted by Crippen LogP contribution is -2.39. The van der Waals surface area contributed by atoms with Crippen molar-refractivity contribution in [2.45, 2.75) is 18.8 Å². The first-order chi connectivity index (χ1) is 11.6. The minimum atomic E-state index is -0.122. The van der Waals surface area contributed by atoms with E-state index in [1.165, 1.54) is 6.20 Å². The molecule has 1 amide bonds. The number of carbonyl (C=O) groups is 1. The molecule has 1 saturated heterocycles. The molecule has 0 spiro atoms. The van der Waals surface area contributed by atoms with E-state index in [1.54, 1.807) is 15.6 Å². The molecule has 0 unspecified atom stereocenters. The van der Waals surface area contributed by atoms with Crippen LogP contribution in [-0.4, -0.2) is 43.8 Å². The maximum atomic E-state index is 12.4. The number of piperidine rings is 1. The molecule has 0 aromatic carbocycles. The van der Waals surface area contributed by atoms with Crippen LogP contribution in [0.25, 0.3) is 11.0 Å². The number of anilines is 1. The monoisotopic (exact) mass is 326 g/mol. The summed E-state index contributed by atoms with van der Waals surface area (Å²) >= 11 is 0. The number of pyridine rings is 1. The first-order valence-electron chi connectivity index (χ1n) is 7.92. The van der Waals surface area contributed by atoms with Gasteiger partial charge in [0.2, 0.25) is 5.76 Å². The number of nitrogens with zero attached hydrogens (tertiary/aromatic N) is 5. The van der Waals surface area contributed by atoms with Crippen molar-refractivity contribution in [3.63, 3.8) is 0 Å². The summed E-state index contributed by atoms with van der Waals surface area (Å²) in [5.41, 5.74) is 7.61. The molecular weight excluding hydrogens is 308 g/mol. The zero-order valence-corrected chi connectivity index (χ0v) is 13.3. The van der Waals surface area contributed by atoms with Gasteiger partial charge in [-0.05, 0) is 25.0 Å². The van der Waals surface area contributed by atoms with E-state index in [2.05, 4.69) is 10.3 Å². The molecule has 3 aromatic rings. The van der Waals surface area contributed by atoms with Gasteiger partial charge in [0.1, 0.15) is 0 Å². The molecule has 1 atom stereocenters. The minimum absolute atomic E-state index is 0.122. The van der Waals surface area contributed by atoms with Crippen molar-refractivity contribution in [3.05, 3.63) is 35.9 Å². The zero-order valence-electron chi connectivity index (χ0n) is 13.3. The van der Waals surface area contributed by atoms with E-state index in [4.69, 9.17) is 15.2 Å². The molecule has 0 aliphatic carbocycles. The van der Waals surface area contributed by atoms with Gasteiger partial charge in [-0.15, -0.1) is 0 Å². The maximum absolute atomic E-state index is 12.4. The van der Waals surface area contributed by atoms with Crippen molar-refractivity contribution in [2.75, 3.05) is 18.8 Å². The van der Waals surface area contributed by atoms with Crippen LogP contribution in [0.2, 0.25) is 0 Å². The summed E-state index contributed by atoms with van der Waals surface area (Å²) in [4.78, 5) is 19.0. The van der Waals surface area contributed by atoms with Crippen molar-refractivity contribution in [3.8, 4) is 0 Å². The smallest absolute Gasteiger partial charge is 0.292 e. The summed E-state index contributed by atoms with van der Waals surface area (Å²) in [6, 6.07) is 5.53. The fourth-order valence-electron chi connectivity index (χ4n) is 3.28. The van der Waals surface area contributed by atoms with Crippen molar-refractivity contribution in [1.82, 2.24) is 24.8 Å². The number of nitrogens with two attached hydrogens (primary N) is 1. The lowest BCUT2D eigenvalue weighted by molar-refractivity contribution is 0.0664. The fourth-order valence-corrected chi connectivity index (χ4v) is 3.28. The van der Waals surface area contributed by atoms with Crippen LogP contribution in [0.1, 0.15) is 35.0 Å². The molecule has 1 aliphatic heterocycles. The van der Waals surface area contributed by atoms with Crippen molar-refractivity contribution >= 4 is 22.8 Å². The molecule has 8 nitrogen and oxygen atoms in total. The molecule has 24 heavy (non-hydrogen) atoms. The number of hydrogen-bond acceptors (Lipinski definition) is 6. The Kier molecular flexibility index (Phi) is 3.44. The highest BCUT2D eigenvalue weighted by atomic mass is 16.5. The van der Waals surface area contributed by atoms with Gasteiger partial charge in [-0.1, -0.05) is 5.16 Å². The predicted molar refractivity (Wildman–Crippen MR) is 87.3 cm³/mol. The van der Waals surface area contributed by atoms with Gasteiger partial charge in [-0.2, -0.15) is 5.10 Å².